The van der Waals surface area contributed by atoms with E-state index in [2.05, 4.69) is 5.32 Å². The van der Waals surface area contributed by atoms with Gasteiger partial charge in [-0.1, -0.05) is 12.1 Å². The van der Waals surface area contributed by atoms with Crippen LogP contribution in [0.3, 0.4) is 0 Å². The highest BCUT2D eigenvalue weighted by Gasteiger charge is 2.29. The van der Waals surface area contributed by atoms with Gasteiger partial charge in [-0.05, 0) is 68.7 Å². The number of nitrogens with two attached hydrogens (primary N) is 1. The number of benzene rings is 2. The first-order valence-corrected chi connectivity index (χ1v) is 9.68. The Kier molecular flexibility index (Phi) is 5.44. The molecule has 0 aliphatic heterocycles. The lowest BCUT2D eigenvalue weighted by molar-refractivity contribution is -0.142. The van der Waals surface area contributed by atoms with Gasteiger partial charge in [-0.3, -0.25) is 9.59 Å². The number of sulfonamides is 1. The van der Waals surface area contributed by atoms with E-state index in [0.29, 0.717) is 22.4 Å². The van der Waals surface area contributed by atoms with Crippen LogP contribution < -0.4 is 10.5 Å². The Morgan fingerprint density at radius 3 is 2.11 bits per heavy atom. The number of aryl methyl sites for hydroxylation is 1. The molecule has 0 atom stereocenters. The van der Waals surface area contributed by atoms with Crippen LogP contribution >= 0.6 is 0 Å². The summed E-state index contributed by atoms with van der Waals surface area (Å²) in [4.78, 5) is 23.7. The second-order valence-electron chi connectivity index (χ2n) is 6.92. The van der Waals surface area contributed by atoms with Crippen molar-refractivity contribution in [2.24, 2.45) is 5.14 Å². The number of hydrogen-bond acceptors (Lipinski definition) is 4. The number of aliphatic carboxylic acids is 1. The maximum Gasteiger partial charge on any atom is 0.313 e. The van der Waals surface area contributed by atoms with Gasteiger partial charge in [-0.2, -0.15) is 0 Å². The molecule has 8 heteroatoms. The second kappa shape index (κ2) is 7.13. The largest absolute Gasteiger partial charge is 0.481 e. The molecule has 0 aliphatic rings. The highest BCUT2D eigenvalue weighted by atomic mass is 32.2. The zero-order valence-corrected chi connectivity index (χ0v) is 16.3. The summed E-state index contributed by atoms with van der Waals surface area (Å²) >= 11 is 0. The average Bonchev–Trinajstić information content (AvgIpc) is 2.56. The first-order valence-electron chi connectivity index (χ1n) is 8.13. The van der Waals surface area contributed by atoms with Gasteiger partial charge >= 0.3 is 5.97 Å². The molecule has 0 aromatic heterocycles. The number of carbonyl (C=O) groups is 2. The second-order valence-corrected chi connectivity index (χ2v) is 8.45. The molecule has 144 valence electrons. The van der Waals surface area contributed by atoms with E-state index in [1.807, 2.05) is 0 Å². The number of anilines is 1. The minimum Gasteiger partial charge on any atom is -0.481 e. The quantitative estimate of drug-likeness (QED) is 0.723. The lowest BCUT2D eigenvalue weighted by Gasteiger charge is -2.20. The standard InChI is InChI=1S/C19H22N2O5S/c1-11-9-13(10-16(12(11)2)27(20,25)26)17(22)21-15-7-5-14(6-8-15)19(3,4)18(23)24/h5-10H,1-4H3,(H,21,22)(H,23,24)(H2,20,25,26). The molecule has 27 heavy (non-hydrogen) atoms. The van der Waals surface area contributed by atoms with E-state index in [4.69, 9.17) is 5.14 Å². The van der Waals surface area contributed by atoms with Crippen molar-refractivity contribution in [2.75, 3.05) is 5.32 Å². The summed E-state index contributed by atoms with van der Waals surface area (Å²) in [5.41, 5.74) is 1.29. The zero-order chi connectivity index (χ0) is 20.6. The maximum absolute atomic E-state index is 12.5. The van der Waals surface area contributed by atoms with Gasteiger partial charge in [0.25, 0.3) is 5.91 Å². The molecule has 0 fully saturated rings. The Balaban J connectivity index is 2.31. The third kappa shape index (κ3) is 4.35. The smallest absolute Gasteiger partial charge is 0.313 e. The molecule has 0 heterocycles. The molecular formula is C19H22N2O5S. The molecular weight excluding hydrogens is 368 g/mol. The molecule has 7 nitrogen and oxygen atoms in total. The van der Waals surface area contributed by atoms with E-state index in [9.17, 15) is 23.1 Å². The van der Waals surface area contributed by atoms with Crippen molar-refractivity contribution < 1.29 is 23.1 Å². The lowest BCUT2D eigenvalue weighted by Crippen LogP contribution is -2.28. The predicted molar refractivity (Wildman–Crippen MR) is 102 cm³/mol. The first-order chi connectivity index (χ1) is 12.3. The van der Waals surface area contributed by atoms with E-state index in [0.717, 1.165) is 0 Å². The van der Waals surface area contributed by atoms with Crippen molar-refractivity contribution in [3.05, 3.63) is 58.7 Å². The zero-order valence-electron chi connectivity index (χ0n) is 15.5. The summed E-state index contributed by atoms with van der Waals surface area (Å²) in [7, 11) is -3.95. The van der Waals surface area contributed by atoms with Crippen LogP contribution in [0.15, 0.2) is 41.3 Å². The molecule has 0 aliphatic carbocycles. The fourth-order valence-electron chi connectivity index (χ4n) is 2.55. The number of primary sulfonamides is 1. The number of carbonyl (C=O) groups excluding carboxylic acids is 1. The summed E-state index contributed by atoms with van der Waals surface area (Å²) in [6.45, 7) is 6.50. The van der Waals surface area contributed by atoms with Gasteiger partial charge in [-0.15, -0.1) is 0 Å². The van der Waals surface area contributed by atoms with Crippen LogP contribution in [0.4, 0.5) is 5.69 Å². The van der Waals surface area contributed by atoms with Crippen LogP contribution in [0.25, 0.3) is 0 Å². The van der Waals surface area contributed by atoms with Gasteiger partial charge in [0.15, 0.2) is 0 Å². The van der Waals surface area contributed by atoms with Crippen molar-refractivity contribution >= 4 is 27.6 Å². The molecule has 2 aromatic rings. The van der Waals surface area contributed by atoms with Crippen LogP contribution in [0.1, 0.15) is 40.9 Å². The van der Waals surface area contributed by atoms with Crippen molar-refractivity contribution in [2.45, 2.75) is 38.0 Å². The van der Waals surface area contributed by atoms with Crippen molar-refractivity contribution in [3.8, 4) is 0 Å². The Morgan fingerprint density at radius 1 is 1.07 bits per heavy atom. The molecule has 4 N–H and O–H groups in total. The van der Waals surface area contributed by atoms with Gasteiger partial charge < -0.3 is 10.4 Å². The van der Waals surface area contributed by atoms with Crippen molar-refractivity contribution in [3.63, 3.8) is 0 Å². The monoisotopic (exact) mass is 390 g/mol. The Morgan fingerprint density at radius 2 is 1.63 bits per heavy atom. The van der Waals surface area contributed by atoms with Gasteiger partial charge in [0.1, 0.15) is 0 Å². The molecule has 0 saturated carbocycles. The van der Waals surface area contributed by atoms with E-state index >= 15 is 0 Å². The number of nitrogens with one attached hydrogen (secondary N) is 1. The fourth-order valence-corrected chi connectivity index (χ4v) is 3.43. The molecule has 0 bridgehead atoms. The van der Waals surface area contributed by atoms with Crippen LogP contribution in [-0.2, 0) is 20.2 Å². The minimum absolute atomic E-state index is 0.0915. The van der Waals surface area contributed by atoms with Gasteiger partial charge in [-0.25, -0.2) is 13.6 Å². The minimum atomic E-state index is -3.95. The molecule has 0 unspecified atom stereocenters. The Bertz CT molecular complexity index is 1010. The third-order valence-corrected chi connectivity index (χ3v) is 5.62. The average molecular weight is 390 g/mol. The summed E-state index contributed by atoms with van der Waals surface area (Å²) in [5.74, 6) is -1.45. The van der Waals surface area contributed by atoms with E-state index in [-0.39, 0.29) is 10.5 Å². The first kappa shape index (κ1) is 20.6. The molecule has 2 aromatic carbocycles. The summed E-state index contributed by atoms with van der Waals surface area (Å²) in [6, 6.07) is 9.27. The van der Waals surface area contributed by atoms with E-state index < -0.39 is 27.3 Å². The van der Waals surface area contributed by atoms with E-state index in [1.165, 1.54) is 6.07 Å². The SMILES string of the molecule is Cc1cc(C(=O)Nc2ccc(C(C)(C)C(=O)O)cc2)cc(S(N)(=O)=O)c1C. The lowest BCUT2D eigenvalue weighted by atomic mass is 9.85. The summed E-state index contributed by atoms with van der Waals surface area (Å²) in [5, 5.41) is 17.2. The number of amides is 1. The maximum atomic E-state index is 12.5. The van der Waals surface area contributed by atoms with Crippen LogP contribution in [0.5, 0.6) is 0 Å². The molecule has 0 saturated heterocycles. The highest BCUT2D eigenvalue weighted by Crippen LogP contribution is 2.25. The molecule has 1 amide bonds. The number of rotatable bonds is 5. The Labute approximate surface area is 158 Å². The van der Waals surface area contributed by atoms with Crippen molar-refractivity contribution in [1.29, 1.82) is 0 Å². The number of carboxylic acid groups (broad SMARTS) is 1. The molecule has 0 radical (unpaired) electrons. The van der Waals surface area contributed by atoms with Gasteiger partial charge in [0, 0.05) is 11.3 Å². The third-order valence-electron chi connectivity index (χ3n) is 4.59. The number of carboxylic acids is 1. The van der Waals surface area contributed by atoms with Gasteiger partial charge in [0.05, 0.1) is 10.3 Å². The van der Waals surface area contributed by atoms with E-state index in [1.54, 1.807) is 58.0 Å². The molecule has 0 spiro atoms. The van der Waals surface area contributed by atoms with Crippen LogP contribution in [0.2, 0.25) is 0 Å². The van der Waals surface area contributed by atoms with Crippen LogP contribution in [-0.4, -0.2) is 25.4 Å². The highest BCUT2D eigenvalue weighted by molar-refractivity contribution is 7.89. The number of hydrogen-bond donors (Lipinski definition) is 3. The fraction of sp³-hybridized carbons (Fsp3) is 0.263. The summed E-state index contributed by atoms with van der Waals surface area (Å²) < 4.78 is 23.4. The molecule has 2 rings (SSSR count). The normalized spacial score (nSPS) is 11.9. The predicted octanol–water partition coefficient (Wildman–Crippen LogP) is 2.57. The van der Waals surface area contributed by atoms with Gasteiger partial charge in [0.2, 0.25) is 10.0 Å². The Hall–Kier alpha value is -2.71. The summed E-state index contributed by atoms with van der Waals surface area (Å²) in [6.07, 6.45) is 0. The topological polar surface area (TPSA) is 127 Å². The van der Waals surface area contributed by atoms with Crippen LogP contribution in [0, 0.1) is 13.8 Å². The van der Waals surface area contributed by atoms with Crippen molar-refractivity contribution in [1.82, 2.24) is 0 Å².